The highest BCUT2D eigenvalue weighted by molar-refractivity contribution is 6.00. The number of nitrogens with two attached hydrogens (primary N) is 1. The van der Waals surface area contributed by atoms with Crippen molar-refractivity contribution in [2.24, 2.45) is 5.73 Å². The molecule has 4 rings (SSSR count). The summed E-state index contributed by atoms with van der Waals surface area (Å²) < 4.78 is 16.5. The predicted octanol–water partition coefficient (Wildman–Crippen LogP) is 3.91. The van der Waals surface area contributed by atoms with Gasteiger partial charge in [0.25, 0.3) is 0 Å². The van der Waals surface area contributed by atoms with Gasteiger partial charge in [-0.05, 0) is 29.2 Å². The third-order valence-corrected chi connectivity index (χ3v) is 5.67. The topological polar surface area (TPSA) is 94.6 Å². The zero-order chi connectivity index (χ0) is 21.3. The average molecular weight is 402 g/mol. The van der Waals surface area contributed by atoms with Crippen LogP contribution in [-0.2, 0) is 9.53 Å². The molecule has 2 aromatic rings. The number of hydrogen-bond donors (Lipinski definition) is 1. The lowest BCUT2D eigenvalue weighted by atomic mass is 9.73. The molecule has 0 bridgehead atoms. The second-order valence-corrected chi connectivity index (χ2v) is 7.32. The summed E-state index contributed by atoms with van der Waals surface area (Å²) in [4.78, 5) is 13.3. The number of hydrogen-bond acceptors (Lipinski definition) is 6. The summed E-state index contributed by atoms with van der Waals surface area (Å²) in [5, 5.41) is 9.68. The van der Waals surface area contributed by atoms with Crippen LogP contribution in [0.1, 0.15) is 35.8 Å². The number of rotatable bonds is 4. The Labute approximate surface area is 175 Å². The van der Waals surface area contributed by atoms with Gasteiger partial charge < -0.3 is 19.9 Å². The first-order valence-corrected chi connectivity index (χ1v) is 9.68. The molecule has 1 aliphatic carbocycles. The van der Waals surface area contributed by atoms with Gasteiger partial charge >= 0.3 is 0 Å². The third kappa shape index (κ3) is 3.29. The minimum Gasteiger partial charge on any atom is -0.493 e. The molecule has 2 aliphatic rings. The molecule has 0 aromatic heterocycles. The van der Waals surface area contributed by atoms with E-state index in [4.69, 9.17) is 19.9 Å². The molecular weight excluding hydrogens is 380 g/mol. The van der Waals surface area contributed by atoms with E-state index in [1.807, 2.05) is 48.5 Å². The van der Waals surface area contributed by atoms with Crippen LogP contribution in [0.3, 0.4) is 0 Å². The molecule has 152 valence electrons. The maximum Gasteiger partial charge on any atom is 0.205 e. The number of nitriles is 1. The van der Waals surface area contributed by atoms with E-state index in [1.54, 1.807) is 14.2 Å². The van der Waals surface area contributed by atoms with Crippen molar-refractivity contribution in [3.8, 4) is 17.6 Å². The van der Waals surface area contributed by atoms with Crippen molar-refractivity contribution in [2.45, 2.75) is 24.7 Å². The van der Waals surface area contributed by atoms with Crippen LogP contribution < -0.4 is 15.2 Å². The van der Waals surface area contributed by atoms with E-state index in [0.29, 0.717) is 35.7 Å². The zero-order valence-electron chi connectivity index (χ0n) is 16.8. The van der Waals surface area contributed by atoms with E-state index < -0.39 is 5.92 Å². The standard InChI is InChI=1S/C24H22N2O4/c1-28-19-9-8-15(11-20(19)29-2)16-10-18(27)23-21(12-16)30-24(26)17(13-25)22(23)14-6-4-3-5-7-14/h3-9,11,16,22H,10,12,26H2,1-2H3. The first-order valence-electron chi connectivity index (χ1n) is 9.68. The predicted molar refractivity (Wildman–Crippen MR) is 111 cm³/mol. The van der Waals surface area contributed by atoms with Gasteiger partial charge in [-0.1, -0.05) is 36.4 Å². The normalized spacial score (nSPS) is 20.9. The third-order valence-electron chi connectivity index (χ3n) is 5.67. The maximum atomic E-state index is 13.3. The molecule has 2 N–H and O–H groups in total. The van der Waals surface area contributed by atoms with E-state index in [9.17, 15) is 10.1 Å². The van der Waals surface area contributed by atoms with Crippen LogP contribution in [-0.4, -0.2) is 20.0 Å². The Balaban J connectivity index is 1.74. The minimum atomic E-state index is -0.501. The lowest BCUT2D eigenvalue weighted by molar-refractivity contribution is -0.117. The molecule has 0 saturated carbocycles. The summed E-state index contributed by atoms with van der Waals surface area (Å²) in [7, 11) is 3.16. The number of ether oxygens (including phenoxy) is 3. The number of benzene rings is 2. The van der Waals surface area contributed by atoms with Crippen molar-refractivity contribution < 1.29 is 19.0 Å². The monoisotopic (exact) mass is 402 g/mol. The summed E-state index contributed by atoms with van der Waals surface area (Å²) >= 11 is 0. The fraction of sp³-hybridized carbons (Fsp3) is 0.250. The second-order valence-electron chi connectivity index (χ2n) is 7.32. The van der Waals surface area contributed by atoms with Crippen molar-refractivity contribution >= 4 is 5.78 Å². The Bertz CT molecular complexity index is 1100. The van der Waals surface area contributed by atoms with E-state index in [0.717, 1.165) is 11.1 Å². The molecule has 2 unspecified atom stereocenters. The van der Waals surface area contributed by atoms with Crippen molar-refractivity contribution in [3.63, 3.8) is 0 Å². The molecule has 6 heteroatoms. The van der Waals surface area contributed by atoms with Crippen LogP contribution in [0.5, 0.6) is 11.5 Å². The Morgan fingerprint density at radius 3 is 2.43 bits per heavy atom. The Morgan fingerprint density at radius 2 is 1.77 bits per heavy atom. The van der Waals surface area contributed by atoms with Gasteiger partial charge in [0.05, 0.1) is 20.1 Å². The van der Waals surface area contributed by atoms with Gasteiger partial charge in [-0.15, -0.1) is 0 Å². The molecule has 2 atom stereocenters. The summed E-state index contributed by atoms with van der Waals surface area (Å²) in [6, 6.07) is 17.3. The lowest BCUT2D eigenvalue weighted by Crippen LogP contribution is -2.29. The number of ketones is 1. The second kappa shape index (κ2) is 7.96. The SMILES string of the molecule is COc1ccc(C2CC(=O)C3=C(C2)OC(N)=C(C#N)C3c2ccccc2)cc1OC. The van der Waals surface area contributed by atoms with Gasteiger partial charge in [-0.2, -0.15) is 5.26 Å². The molecule has 0 amide bonds. The Morgan fingerprint density at radius 1 is 1.03 bits per heavy atom. The van der Waals surface area contributed by atoms with Crippen LogP contribution in [0, 0.1) is 11.3 Å². The number of nitrogens with zero attached hydrogens (tertiary/aromatic N) is 1. The zero-order valence-corrected chi connectivity index (χ0v) is 16.8. The molecular formula is C24H22N2O4. The van der Waals surface area contributed by atoms with Crippen LogP contribution in [0.15, 0.2) is 71.3 Å². The molecule has 2 aromatic carbocycles. The molecule has 0 saturated heterocycles. The van der Waals surface area contributed by atoms with E-state index in [2.05, 4.69) is 6.07 Å². The number of allylic oxidation sites excluding steroid dienone is 3. The van der Waals surface area contributed by atoms with E-state index in [-0.39, 0.29) is 23.2 Å². The summed E-state index contributed by atoms with van der Waals surface area (Å²) in [6.07, 6.45) is 0.832. The largest absolute Gasteiger partial charge is 0.493 e. The van der Waals surface area contributed by atoms with Gasteiger partial charge in [0, 0.05) is 18.4 Å². The van der Waals surface area contributed by atoms with Gasteiger partial charge in [-0.25, -0.2) is 0 Å². The first kappa shape index (κ1) is 19.6. The number of carbonyl (C=O) groups excluding carboxylic acids is 1. The highest BCUT2D eigenvalue weighted by Crippen LogP contribution is 2.47. The van der Waals surface area contributed by atoms with Gasteiger partial charge in [0.1, 0.15) is 17.4 Å². The van der Waals surface area contributed by atoms with Crippen molar-refractivity contribution in [1.82, 2.24) is 0 Å². The maximum absolute atomic E-state index is 13.3. The fourth-order valence-corrected chi connectivity index (χ4v) is 4.23. The Hall–Kier alpha value is -3.72. The fourth-order valence-electron chi connectivity index (χ4n) is 4.23. The molecule has 1 aliphatic heterocycles. The molecule has 6 nitrogen and oxygen atoms in total. The molecule has 0 fully saturated rings. The van der Waals surface area contributed by atoms with Gasteiger partial charge in [0.15, 0.2) is 17.3 Å². The average Bonchev–Trinajstić information content (AvgIpc) is 2.78. The smallest absolute Gasteiger partial charge is 0.205 e. The summed E-state index contributed by atoms with van der Waals surface area (Å²) in [5.74, 6) is 1.22. The minimum absolute atomic E-state index is 0.0369. The molecule has 1 heterocycles. The molecule has 0 radical (unpaired) electrons. The van der Waals surface area contributed by atoms with Crippen LogP contribution >= 0.6 is 0 Å². The quantitative estimate of drug-likeness (QED) is 0.833. The van der Waals surface area contributed by atoms with Crippen LogP contribution in [0.4, 0.5) is 0 Å². The van der Waals surface area contributed by atoms with Gasteiger partial charge in [-0.3, -0.25) is 4.79 Å². The van der Waals surface area contributed by atoms with E-state index in [1.165, 1.54) is 0 Å². The van der Waals surface area contributed by atoms with Gasteiger partial charge in [0.2, 0.25) is 5.88 Å². The molecule has 0 spiro atoms. The van der Waals surface area contributed by atoms with Crippen LogP contribution in [0.25, 0.3) is 0 Å². The first-order chi connectivity index (χ1) is 14.6. The lowest BCUT2D eigenvalue weighted by Gasteiger charge is -2.34. The van der Waals surface area contributed by atoms with Crippen molar-refractivity contribution in [3.05, 3.63) is 82.4 Å². The summed E-state index contributed by atoms with van der Waals surface area (Å²) in [6.45, 7) is 0. The number of Topliss-reactive ketones (excluding diaryl/α,β-unsaturated/α-hetero) is 1. The van der Waals surface area contributed by atoms with Crippen molar-refractivity contribution in [1.29, 1.82) is 5.26 Å². The Kier molecular flexibility index (Phi) is 5.20. The highest BCUT2D eigenvalue weighted by Gasteiger charge is 2.40. The van der Waals surface area contributed by atoms with Crippen LogP contribution in [0.2, 0.25) is 0 Å². The molecule has 30 heavy (non-hydrogen) atoms. The number of methoxy groups -OCH3 is 2. The van der Waals surface area contributed by atoms with Crippen molar-refractivity contribution in [2.75, 3.05) is 14.2 Å². The van der Waals surface area contributed by atoms with E-state index >= 15 is 0 Å². The summed E-state index contributed by atoms with van der Waals surface area (Å²) in [5.41, 5.74) is 8.71. The highest BCUT2D eigenvalue weighted by atomic mass is 16.5. The number of carbonyl (C=O) groups is 1.